The summed E-state index contributed by atoms with van der Waals surface area (Å²) in [4.78, 5) is 12.4. The van der Waals surface area contributed by atoms with E-state index in [1.165, 1.54) is 6.26 Å². The van der Waals surface area contributed by atoms with Crippen molar-refractivity contribution in [3.63, 3.8) is 0 Å². The van der Waals surface area contributed by atoms with Crippen molar-refractivity contribution in [2.45, 2.75) is 0 Å². The van der Waals surface area contributed by atoms with Crippen molar-refractivity contribution >= 4 is 26.9 Å². The Balaban J connectivity index is 2.28. The quantitative estimate of drug-likeness (QED) is 0.729. The molecule has 3 nitrogen and oxygen atoms in total. The van der Waals surface area contributed by atoms with Crippen molar-refractivity contribution in [2.75, 3.05) is 0 Å². The number of benzene rings is 2. The summed E-state index contributed by atoms with van der Waals surface area (Å²) in [5, 5.41) is 9.38. The Kier molecular flexibility index (Phi) is 3.06. The fourth-order valence-electron chi connectivity index (χ4n) is 1.97. The molecule has 0 fully saturated rings. The minimum absolute atomic E-state index is 0.0979. The van der Waals surface area contributed by atoms with Gasteiger partial charge in [-0.05, 0) is 23.8 Å². The lowest BCUT2D eigenvalue weighted by atomic mass is 10.1. The van der Waals surface area contributed by atoms with Gasteiger partial charge in [0.05, 0.1) is 10.9 Å². The molecule has 0 atom stereocenters. The van der Waals surface area contributed by atoms with Crippen LogP contribution in [0.4, 0.5) is 4.39 Å². The first-order chi connectivity index (χ1) is 9.56. The lowest BCUT2D eigenvalue weighted by Gasteiger charge is -2.04. The van der Waals surface area contributed by atoms with Gasteiger partial charge < -0.3 is 9.52 Å². The normalized spacial score (nSPS) is 10.9. The van der Waals surface area contributed by atoms with Crippen LogP contribution in [0.15, 0.2) is 56.3 Å². The summed E-state index contributed by atoms with van der Waals surface area (Å²) in [5.41, 5.74) is 0.828. The fourth-order valence-corrected chi connectivity index (χ4v) is 2.23. The molecular formula is C15H8BrFO3. The molecule has 5 heteroatoms. The molecule has 0 saturated carbocycles. The highest BCUT2D eigenvalue weighted by atomic mass is 79.9. The van der Waals surface area contributed by atoms with Gasteiger partial charge in [-0.3, -0.25) is 4.79 Å². The zero-order chi connectivity index (χ0) is 14.3. The molecule has 0 aliphatic heterocycles. The maximum atomic E-state index is 13.4. The Hall–Kier alpha value is -2.14. The van der Waals surface area contributed by atoms with E-state index in [1.54, 1.807) is 24.3 Å². The zero-order valence-corrected chi connectivity index (χ0v) is 11.6. The number of hydrogen-bond acceptors (Lipinski definition) is 3. The molecule has 20 heavy (non-hydrogen) atoms. The van der Waals surface area contributed by atoms with Crippen LogP contribution in [-0.4, -0.2) is 5.11 Å². The van der Waals surface area contributed by atoms with Gasteiger partial charge in [-0.25, -0.2) is 4.39 Å². The molecule has 1 heterocycles. The van der Waals surface area contributed by atoms with Gasteiger partial charge in [-0.15, -0.1) is 0 Å². The third-order valence-electron chi connectivity index (χ3n) is 3.00. The highest BCUT2D eigenvalue weighted by molar-refractivity contribution is 9.10. The van der Waals surface area contributed by atoms with Crippen LogP contribution in [0.1, 0.15) is 0 Å². The third kappa shape index (κ3) is 2.10. The van der Waals surface area contributed by atoms with Crippen LogP contribution in [0.5, 0.6) is 5.75 Å². The molecule has 3 rings (SSSR count). The maximum Gasteiger partial charge on any atom is 0.200 e. The molecule has 1 aromatic heterocycles. The van der Waals surface area contributed by atoms with E-state index in [1.807, 2.05) is 0 Å². The second-order valence-corrected chi connectivity index (χ2v) is 5.20. The molecule has 0 saturated heterocycles. The predicted molar refractivity (Wildman–Crippen MR) is 77.2 cm³/mol. The van der Waals surface area contributed by atoms with Crippen LogP contribution in [-0.2, 0) is 0 Å². The average Bonchev–Trinajstić information content (AvgIpc) is 2.43. The standard InChI is InChI=1S/C15H8BrFO3/c16-9-3-1-8(2-4-9)11-7-20-14-6-13(18)12(17)5-10(14)15(11)19/h1-7,18H. The van der Waals surface area contributed by atoms with Gasteiger partial charge in [0.2, 0.25) is 5.43 Å². The summed E-state index contributed by atoms with van der Waals surface area (Å²) < 4.78 is 19.6. The van der Waals surface area contributed by atoms with Gasteiger partial charge in [-0.2, -0.15) is 0 Å². The summed E-state index contributed by atoms with van der Waals surface area (Å²) in [7, 11) is 0. The number of hydrogen-bond donors (Lipinski definition) is 1. The molecule has 0 amide bonds. The number of aromatic hydroxyl groups is 1. The molecule has 1 N–H and O–H groups in total. The first-order valence-corrected chi connectivity index (χ1v) is 6.55. The van der Waals surface area contributed by atoms with E-state index in [4.69, 9.17) is 4.42 Å². The van der Waals surface area contributed by atoms with Gasteiger partial charge in [-0.1, -0.05) is 28.1 Å². The number of phenols is 1. The van der Waals surface area contributed by atoms with Gasteiger partial charge in [0.1, 0.15) is 11.8 Å². The molecule has 100 valence electrons. The highest BCUT2D eigenvalue weighted by Crippen LogP contribution is 2.25. The number of phenolic OH excluding ortho intramolecular Hbond substituents is 1. The first-order valence-electron chi connectivity index (χ1n) is 5.76. The Morgan fingerprint density at radius 1 is 1.15 bits per heavy atom. The molecule has 3 aromatic rings. The second-order valence-electron chi connectivity index (χ2n) is 4.29. The van der Waals surface area contributed by atoms with Gasteiger partial charge in [0.15, 0.2) is 11.6 Å². The molecule has 2 aromatic carbocycles. The summed E-state index contributed by atoms with van der Waals surface area (Å²) in [6.45, 7) is 0. The summed E-state index contributed by atoms with van der Waals surface area (Å²) in [6, 6.07) is 9.21. The summed E-state index contributed by atoms with van der Waals surface area (Å²) in [6.07, 6.45) is 1.31. The molecule has 0 aliphatic rings. The van der Waals surface area contributed by atoms with Crippen molar-refractivity contribution in [1.29, 1.82) is 0 Å². The summed E-state index contributed by atoms with van der Waals surface area (Å²) in [5.74, 6) is -1.39. The van der Waals surface area contributed by atoms with Crippen molar-refractivity contribution in [1.82, 2.24) is 0 Å². The van der Waals surface area contributed by atoms with Gasteiger partial charge in [0, 0.05) is 10.5 Å². The minimum atomic E-state index is -0.849. The van der Waals surface area contributed by atoms with Gasteiger partial charge >= 0.3 is 0 Å². The second kappa shape index (κ2) is 4.76. The molecule has 0 bridgehead atoms. The van der Waals surface area contributed by atoms with E-state index in [9.17, 15) is 14.3 Å². The van der Waals surface area contributed by atoms with Crippen LogP contribution in [0.2, 0.25) is 0 Å². The van der Waals surface area contributed by atoms with Crippen LogP contribution in [0.25, 0.3) is 22.1 Å². The number of rotatable bonds is 1. The highest BCUT2D eigenvalue weighted by Gasteiger charge is 2.12. The van der Waals surface area contributed by atoms with Crippen molar-refractivity contribution < 1.29 is 13.9 Å². The van der Waals surface area contributed by atoms with Crippen LogP contribution < -0.4 is 5.43 Å². The van der Waals surface area contributed by atoms with Crippen molar-refractivity contribution in [3.05, 3.63) is 63.2 Å². The van der Waals surface area contributed by atoms with E-state index in [-0.39, 0.29) is 16.4 Å². The average molecular weight is 335 g/mol. The fraction of sp³-hybridized carbons (Fsp3) is 0. The topological polar surface area (TPSA) is 50.4 Å². The largest absolute Gasteiger partial charge is 0.505 e. The zero-order valence-electron chi connectivity index (χ0n) is 10.1. The molecule has 0 aliphatic carbocycles. The molecule has 0 spiro atoms. The molecular weight excluding hydrogens is 327 g/mol. The third-order valence-corrected chi connectivity index (χ3v) is 3.53. The van der Waals surface area contributed by atoms with E-state index in [2.05, 4.69) is 15.9 Å². The Bertz CT molecular complexity index is 853. The van der Waals surface area contributed by atoms with Crippen molar-refractivity contribution in [3.8, 4) is 16.9 Å². The monoisotopic (exact) mass is 334 g/mol. The Morgan fingerprint density at radius 3 is 2.55 bits per heavy atom. The minimum Gasteiger partial charge on any atom is -0.505 e. The summed E-state index contributed by atoms with van der Waals surface area (Å²) >= 11 is 3.31. The predicted octanol–water partition coefficient (Wildman–Crippen LogP) is 4.07. The molecule has 0 radical (unpaired) electrons. The smallest absolute Gasteiger partial charge is 0.200 e. The number of fused-ring (bicyclic) bond motifs is 1. The lowest BCUT2D eigenvalue weighted by Crippen LogP contribution is -2.05. The van der Waals surface area contributed by atoms with Crippen LogP contribution in [0, 0.1) is 5.82 Å². The van der Waals surface area contributed by atoms with E-state index < -0.39 is 11.6 Å². The maximum absolute atomic E-state index is 13.4. The van der Waals surface area contributed by atoms with E-state index >= 15 is 0 Å². The molecule has 0 unspecified atom stereocenters. The Labute approximate surface area is 121 Å². The van der Waals surface area contributed by atoms with Gasteiger partial charge in [0.25, 0.3) is 0 Å². The van der Waals surface area contributed by atoms with Crippen LogP contribution >= 0.6 is 15.9 Å². The van der Waals surface area contributed by atoms with E-state index in [0.717, 1.165) is 16.6 Å². The SMILES string of the molecule is O=c1c(-c2ccc(Br)cc2)coc2cc(O)c(F)cc12. The lowest BCUT2D eigenvalue weighted by molar-refractivity contribution is 0.432. The van der Waals surface area contributed by atoms with Crippen LogP contribution in [0.3, 0.4) is 0 Å². The van der Waals surface area contributed by atoms with E-state index in [0.29, 0.717) is 11.1 Å². The first kappa shape index (κ1) is 12.9. The Morgan fingerprint density at radius 2 is 1.85 bits per heavy atom. The van der Waals surface area contributed by atoms with Crippen molar-refractivity contribution in [2.24, 2.45) is 0 Å². The number of halogens is 2.